The molecule has 0 saturated heterocycles. The smallest absolute Gasteiger partial charge is 0.321 e. The number of rotatable bonds is 7. The monoisotopic (exact) mass is 395 g/mol. The van der Waals surface area contributed by atoms with Gasteiger partial charge in [-0.1, -0.05) is 30.0 Å². The third-order valence-corrected chi connectivity index (χ3v) is 4.70. The molecule has 0 spiro atoms. The molecule has 0 saturated carbocycles. The van der Waals surface area contributed by atoms with Crippen molar-refractivity contribution in [3.8, 4) is 23.0 Å². The predicted molar refractivity (Wildman–Crippen MR) is 106 cm³/mol. The van der Waals surface area contributed by atoms with E-state index in [0.29, 0.717) is 23.5 Å². The van der Waals surface area contributed by atoms with Crippen molar-refractivity contribution in [2.45, 2.75) is 12.1 Å². The minimum absolute atomic E-state index is 0.0583. The minimum Gasteiger partial charge on any atom is -0.494 e. The van der Waals surface area contributed by atoms with Crippen molar-refractivity contribution in [3.05, 3.63) is 54.7 Å². The number of thioether (sulfide) groups is 1. The molecule has 0 aliphatic carbocycles. The van der Waals surface area contributed by atoms with Crippen LogP contribution in [-0.4, -0.2) is 33.5 Å². The Hall–Kier alpha value is -3.26. The van der Waals surface area contributed by atoms with E-state index in [4.69, 9.17) is 13.9 Å². The molecule has 0 amide bonds. The SMILES string of the molecule is CCOc1ccc(OC(=O)CSc2nnc(-c3c[nH]c4ccccc34)o2)cc1. The average Bonchev–Trinajstić information content (AvgIpc) is 3.35. The van der Waals surface area contributed by atoms with Gasteiger partial charge in [0.25, 0.3) is 11.1 Å². The van der Waals surface area contributed by atoms with Gasteiger partial charge in [-0.15, -0.1) is 10.2 Å². The number of carbonyl (C=O) groups excluding carboxylic acids is 1. The molecular weight excluding hydrogens is 378 g/mol. The van der Waals surface area contributed by atoms with Crippen LogP contribution in [0.1, 0.15) is 6.92 Å². The van der Waals surface area contributed by atoms with Gasteiger partial charge >= 0.3 is 5.97 Å². The standard InChI is InChI=1S/C20H17N3O4S/c1-2-25-13-7-9-14(10-8-13)26-18(24)12-28-20-23-22-19(27-20)16-11-21-17-6-4-3-5-15(16)17/h3-11,21H,2,12H2,1H3. The third kappa shape index (κ3) is 4.01. The van der Waals surface area contributed by atoms with Gasteiger partial charge in [0, 0.05) is 17.1 Å². The highest BCUT2D eigenvalue weighted by atomic mass is 32.2. The number of benzene rings is 2. The van der Waals surface area contributed by atoms with E-state index < -0.39 is 5.97 Å². The van der Waals surface area contributed by atoms with Crippen LogP contribution >= 0.6 is 11.8 Å². The van der Waals surface area contributed by atoms with Crippen LogP contribution in [0.15, 0.2) is 64.4 Å². The molecule has 142 valence electrons. The van der Waals surface area contributed by atoms with Crippen molar-refractivity contribution in [1.29, 1.82) is 0 Å². The van der Waals surface area contributed by atoms with Crippen molar-refractivity contribution in [2.24, 2.45) is 0 Å². The predicted octanol–water partition coefficient (Wildman–Crippen LogP) is 4.31. The summed E-state index contributed by atoms with van der Waals surface area (Å²) >= 11 is 1.13. The van der Waals surface area contributed by atoms with Crippen LogP contribution in [0.5, 0.6) is 11.5 Å². The molecule has 0 fully saturated rings. The zero-order valence-corrected chi connectivity index (χ0v) is 15.9. The number of aromatic amines is 1. The fourth-order valence-corrected chi connectivity index (χ4v) is 3.21. The Morgan fingerprint density at radius 1 is 1.11 bits per heavy atom. The first-order valence-corrected chi connectivity index (χ1v) is 9.68. The van der Waals surface area contributed by atoms with Crippen LogP contribution in [0.3, 0.4) is 0 Å². The topological polar surface area (TPSA) is 90.2 Å². The molecule has 8 heteroatoms. The molecule has 2 heterocycles. The number of carbonyl (C=O) groups is 1. The quantitative estimate of drug-likeness (QED) is 0.283. The number of nitrogens with zero attached hydrogens (tertiary/aromatic N) is 2. The molecule has 0 aliphatic heterocycles. The van der Waals surface area contributed by atoms with E-state index in [0.717, 1.165) is 34.0 Å². The Morgan fingerprint density at radius 3 is 2.71 bits per heavy atom. The molecule has 0 atom stereocenters. The molecule has 7 nitrogen and oxygen atoms in total. The highest BCUT2D eigenvalue weighted by molar-refractivity contribution is 7.99. The highest BCUT2D eigenvalue weighted by Crippen LogP contribution is 2.29. The Bertz CT molecular complexity index is 1090. The summed E-state index contributed by atoms with van der Waals surface area (Å²) in [6, 6.07) is 14.7. The van der Waals surface area contributed by atoms with E-state index in [1.165, 1.54) is 0 Å². The summed E-state index contributed by atoms with van der Waals surface area (Å²) < 4.78 is 16.3. The molecule has 0 bridgehead atoms. The van der Waals surface area contributed by atoms with Gasteiger partial charge in [-0.2, -0.15) is 0 Å². The highest BCUT2D eigenvalue weighted by Gasteiger charge is 2.15. The van der Waals surface area contributed by atoms with Crippen molar-refractivity contribution in [2.75, 3.05) is 12.4 Å². The molecule has 4 rings (SSSR count). The van der Waals surface area contributed by atoms with Crippen molar-refractivity contribution in [1.82, 2.24) is 15.2 Å². The van der Waals surface area contributed by atoms with Gasteiger partial charge in [0.1, 0.15) is 17.3 Å². The maximum Gasteiger partial charge on any atom is 0.321 e. The lowest BCUT2D eigenvalue weighted by molar-refractivity contribution is -0.131. The van der Waals surface area contributed by atoms with Gasteiger partial charge < -0.3 is 18.9 Å². The number of esters is 1. The van der Waals surface area contributed by atoms with Crippen LogP contribution in [0, 0.1) is 0 Å². The van der Waals surface area contributed by atoms with Gasteiger partial charge in [0.05, 0.1) is 12.2 Å². The number of fused-ring (bicyclic) bond motifs is 1. The van der Waals surface area contributed by atoms with Crippen molar-refractivity contribution >= 4 is 28.6 Å². The number of aromatic nitrogens is 3. The first-order chi connectivity index (χ1) is 13.7. The summed E-state index contributed by atoms with van der Waals surface area (Å²) in [7, 11) is 0. The van der Waals surface area contributed by atoms with E-state index in [-0.39, 0.29) is 5.75 Å². The molecule has 2 aromatic carbocycles. The van der Waals surface area contributed by atoms with E-state index in [2.05, 4.69) is 15.2 Å². The zero-order valence-electron chi connectivity index (χ0n) is 15.0. The number of hydrogen-bond acceptors (Lipinski definition) is 7. The Balaban J connectivity index is 1.36. The van der Waals surface area contributed by atoms with Crippen LogP contribution in [0.25, 0.3) is 22.4 Å². The minimum atomic E-state index is -0.402. The molecule has 28 heavy (non-hydrogen) atoms. The first-order valence-electron chi connectivity index (χ1n) is 8.69. The second-order valence-corrected chi connectivity index (χ2v) is 6.71. The number of para-hydroxylation sites is 1. The van der Waals surface area contributed by atoms with Crippen molar-refractivity contribution in [3.63, 3.8) is 0 Å². The summed E-state index contributed by atoms with van der Waals surface area (Å²) in [6.45, 7) is 2.49. The fraction of sp³-hybridized carbons (Fsp3) is 0.150. The number of hydrogen-bond donors (Lipinski definition) is 1. The lowest BCUT2D eigenvalue weighted by Gasteiger charge is -2.05. The Labute approximate surface area is 165 Å². The normalized spacial score (nSPS) is 10.9. The van der Waals surface area contributed by atoms with E-state index in [1.807, 2.05) is 37.4 Å². The second kappa shape index (κ2) is 8.18. The Kier molecular flexibility index (Phi) is 5.29. The molecule has 0 aliphatic rings. The van der Waals surface area contributed by atoms with Crippen LogP contribution in [-0.2, 0) is 4.79 Å². The number of nitrogens with one attached hydrogen (secondary N) is 1. The van der Waals surface area contributed by atoms with E-state index >= 15 is 0 Å². The van der Waals surface area contributed by atoms with Crippen LogP contribution in [0.4, 0.5) is 0 Å². The Morgan fingerprint density at radius 2 is 1.89 bits per heavy atom. The third-order valence-electron chi connectivity index (χ3n) is 3.91. The zero-order chi connectivity index (χ0) is 19.3. The molecule has 2 aromatic heterocycles. The molecule has 1 N–H and O–H groups in total. The van der Waals surface area contributed by atoms with E-state index in [1.54, 1.807) is 24.3 Å². The summed E-state index contributed by atoms with van der Waals surface area (Å²) in [4.78, 5) is 15.2. The molecule has 0 unspecified atom stereocenters. The maximum atomic E-state index is 12.0. The van der Waals surface area contributed by atoms with Gasteiger partial charge in [0.2, 0.25) is 0 Å². The summed E-state index contributed by atoms with van der Waals surface area (Å²) in [6.07, 6.45) is 1.83. The van der Waals surface area contributed by atoms with Gasteiger partial charge in [-0.3, -0.25) is 4.79 Å². The van der Waals surface area contributed by atoms with Gasteiger partial charge in [-0.05, 0) is 37.3 Å². The maximum absolute atomic E-state index is 12.0. The average molecular weight is 395 g/mol. The summed E-state index contributed by atoms with van der Waals surface area (Å²) in [5.74, 6) is 1.25. The van der Waals surface area contributed by atoms with Crippen LogP contribution in [0.2, 0.25) is 0 Å². The van der Waals surface area contributed by atoms with Crippen LogP contribution < -0.4 is 9.47 Å². The second-order valence-electron chi connectivity index (χ2n) is 5.79. The summed E-state index contributed by atoms with van der Waals surface area (Å²) in [5, 5.41) is 9.38. The van der Waals surface area contributed by atoms with Gasteiger partial charge in [0.15, 0.2) is 0 Å². The molecule has 4 aromatic rings. The van der Waals surface area contributed by atoms with Gasteiger partial charge in [-0.25, -0.2) is 0 Å². The van der Waals surface area contributed by atoms with Crippen molar-refractivity contribution < 1.29 is 18.7 Å². The number of H-pyrrole nitrogens is 1. The lowest BCUT2D eigenvalue weighted by Crippen LogP contribution is -2.10. The first kappa shape index (κ1) is 18.1. The fourth-order valence-electron chi connectivity index (χ4n) is 2.68. The summed E-state index contributed by atoms with van der Waals surface area (Å²) in [5.41, 5.74) is 1.82. The van der Waals surface area contributed by atoms with E-state index in [9.17, 15) is 4.79 Å². The largest absolute Gasteiger partial charge is 0.494 e. The lowest BCUT2D eigenvalue weighted by atomic mass is 10.2. The molecular formula is C20H17N3O4S. The molecule has 0 radical (unpaired) electrons. The number of ether oxygens (including phenoxy) is 2.